The van der Waals surface area contributed by atoms with Crippen molar-refractivity contribution < 1.29 is 0 Å². The van der Waals surface area contributed by atoms with Gasteiger partial charge < -0.3 is 5.73 Å². The van der Waals surface area contributed by atoms with E-state index >= 15 is 0 Å². The molecule has 0 amide bonds. The van der Waals surface area contributed by atoms with E-state index in [1.54, 1.807) is 0 Å². The molecular formula is C11H9ClN4. The Hall–Kier alpha value is -1.65. The molecule has 80 valence electrons. The Labute approximate surface area is 96.6 Å². The second-order valence-corrected chi connectivity index (χ2v) is 3.93. The minimum absolute atomic E-state index is 0.339. The SMILES string of the molecule is NCc1nnc2ccc3cccc(Cl)c3n12. The van der Waals surface area contributed by atoms with Crippen molar-refractivity contribution in [3.63, 3.8) is 0 Å². The molecule has 0 fully saturated rings. The van der Waals surface area contributed by atoms with Crippen LogP contribution in [0.3, 0.4) is 0 Å². The number of benzene rings is 1. The largest absolute Gasteiger partial charge is 0.324 e. The van der Waals surface area contributed by atoms with Gasteiger partial charge in [-0.3, -0.25) is 4.40 Å². The Balaban J connectivity index is 2.60. The van der Waals surface area contributed by atoms with Gasteiger partial charge in [-0.25, -0.2) is 0 Å². The maximum atomic E-state index is 6.20. The first-order valence-corrected chi connectivity index (χ1v) is 5.30. The number of halogens is 1. The van der Waals surface area contributed by atoms with Crippen LogP contribution in [0.25, 0.3) is 16.6 Å². The second-order valence-electron chi connectivity index (χ2n) is 3.52. The standard InChI is InChI=1S/C11H9ClN4/c12-8-3-1-2-7-4-5-9-14-15-10(6-13)16(9)11(7)8/h1-5H,6,13H2. The minimum Gasteiger partial charge on any atom is -0.324 e. The van der Waals surface area contributed by atoms with Crippen molar-refractivity contribution >= 4 is 28.2 Å². The lowest BCUT2D eigenvalue weighted by Crippen LogP contribution is -2.03. The fraction of sp³-hybridized carbons (Fsp3) is 0.0909. The molecule has 3 aromatic rings. The summed E-state index contributed by atoms with van der Waals surface area (Å²) in [6, 6.07) is 9.66. The summed E-state index contributed by atoms with van der Waals surface area (Å²) in [5.41, 5.74) is 7.31. The average Bonchev–Trinajstić information content (AvgIpc) is 2.72. The number of hydrogen-bond donors (Lipinski definition) is 1. The lowest BCUT2D eigenvalue weighted by Gasteiger charge is -2.05. The number of nitrogens with zero attached hydrogens (tertiary/aromatic N) is 3. The highest BCUT2D eigenvalue weighted by Crippen LogP contribution is 2.24. The summed E-state index contributed by atoms with van der Waals surface area (Å²) in [6.45, 7) is 0.339. The van der Waals surface area contributed by atoms with Crippen LogP contribution < -0.4 is 5.73 Å². The predicted molar refractivity (Wildman–Crippen MR) is 63.4 cm³/mol. The highest BCUT2D eigenvalue weighted by atomic mass is 35.5. The number of pyridine rings is 1. The lowest BCUT2D eigenvalue weighted by molar-refractivity contribution is 0.894. The number of aromatic nitrogens is 3. The quantitative estimate of drug-likeness (QED) is 0.698. The van der Waals surface area contributed by atoms with Crippen molar-refractivity contribution in [2.75, 3.05) is 0 Å². The fourth-order valence-corrected chi connectivity index (χ4v) is 2.15. The monoisotopic (exact) mass is 232 g/mol. The Bertz CT molecular complexity index is 674. The van der Waals surface area contributed by atoms with E-state index in [4.69, 9.17) is 17.3 Å². The van der Waals surface area contributed by atoms with Gasteiger partial charge in [0.05, 0.1) is 17.1 Å². The molecule has 1 aromatic carbocycles. The van der Waals surface area contributed by atoms with Crippen molar-refractivity contribution in [2.24, 2.45) is 5.73 Å². The Kier molecular flexibility index (Phi) is 2.05. The Morgan fingerprint density at radius 1 is 1.19 bits per heavy atom. The normalized spacial score (nSPS) is 11.4. The third kappa shape index (κ3) is 1.20. The van der Waals surface area contributed by atoms with Crippen LogP contribution in [0.1, 0.15) is 5.82 Å². The average molecular weight is 233 g/mol. The lowest BCUT2D eigenvalue weighted by atomic mass is 10.2. The number of fused-ring (bicyclic) bond motifs is 3. The molecule has 0 saturated heterocycles. The maximum absolute atomic E-state index is 6.20. The zero-order chi connectivity index (χ0) is 11.1. The summed E-state index contributed by atoms with van der Waals surface area (Å²) < 4.78 is 1.90. The molecule has 0 aliphatic heterocycles. The Morgan fingerprint density at radius 2 is 2.06 bits per heavy atom. The van der Waals surface area contributed by atoms with Gasteiger partial charge in [0, 0.05) is 5.39 Å². The van der Waals surface area contributed by atoms with Gasteiger partial charge in [0.15, 0.2) is 11.5 Å². The third-order valence-electron chi connectivity index (χ3n) is 2.59. The van der Waals surface area contributed by atoms with Crippen LogP contribution in [0.4, 0.5) is 0 Å². The van der Waals surface area contributed by atoms with E-state index in [-0.39, 0.29) is 0 Å². The first kappa shape index (κ1) is 9.57. The van der Waals surface area contributed by atoms with E-state index in [0.717, 1.165) is 16.6 Å². The van der Waals surface area contributed by atoms with E-state index < -0.39 is 0 Å². The molecule has 0 aliphatic carbocycles. The smallest absolute Gasteiger partial charge is 0.161 e. The van der Waals surface area contributed by atoms with E-state index in [2.05, 4.69) is 10.2 Å². The summed E-state index contributed by atoms with van der Waals surface area (Å²) in [4.78, 5) is 0. The summed E-state index contributed by atoms with van der Waals surface area (Å²) >= 11 is 6.20. The molecule has 0 saturated carbocycles. The van der Waals surface area contributed by atoms with Gasteiger partial charge in [-0.1, -0.05) is 23.7 Å². The molecule has 5 heteroatoms. The molecular weight excluding hydrogens is 224 g/mol. The minimum atomic E-state index is 0.339. The number of nitrogens with two attached hydrogens (primary N) is 1. The molecule has 2 N–H and O–H groups in total. The van der Waals surface area contributed by atoms with E-state index in [9.17, 15) is 0 Å². The molecule has 2 heterocycles. The second kappa shape index (κ2) is 3.43. The topological polar surface area (TPSA) is 56.2 Å². The third-order valence-corrected chi connectivity index (χ3v) is 2.90. The molecule has 3 rings (SSSR count). The van der Waals surface area contributed by atoms with Crippen LogP contribution >= 0.6 is 11.6 Å². The highest BCUT2D eigenvalue weighted by Gasteiger charge is 2.09. The first-order valence-electron chi connectivity index (χ1n) is 4.92. The molecule has 0 atom stereocenters. The van der Waals surface area contributed by atoms with Crippen molar-refractivity contribution in [3.05, 3.63) is 41.2 Å². The van der Waals surface area contributed by atoms with Crippen molar-refractivity contribution in [2.45, 2.75) is 6.54 Å². The summed E-state index contributed by atoms with van der Waals surface area (Å²) in [6.07, 6.45) is 0. The highest BCUT2D eigenvalue weighted by molar-refractivity contribution is 6.35. The molecule has 0 radical (unpaired) electrons. The fourth-order valence-electron chi connectivity index (χ4n) is 1.88. The van der Waals surface area contributed by atoms with Crippen molar-refractivity contribution in [1.29, 1.82) is 0 Å². The van der Waals surface area contributed by atoms with Crippen LogP contribution in [0.15, 0.2) is 30.3 Å². The van der Waals surface area contributed by atoms with Gasteiger partial charge in [0.1, 0.15) is 0 Å². The van der Waals surface area contributed by atoms with Crippen LogP contribution in [0.5, 0.6) is 0 Å². The van der Waals surface area contributed by atoms with E-state index in [0.29, 0.717) is 17.4 Å². The molecule has 4 nitrogen and oxygen atoms in total. The Morgan fingerprint density at radius 3 is 2.88 bits per heavy atom. The van der Waals surface area contributed by atoms with Crippen molar-refractivity contribution in [1.82, 2.24) is 14.6 Å². The van der Waals surface area contributed by atoms with Crippen LogP contribution in [0.2, 0.25) is 5.02 Å². The zero-order valence-corrected chi connectivity index (χ0v) is 9.15. The number of rotatable bonds is 1. The molecule has 0 unspecified atom stereocenters. The molecule has 0 spiro atoms. The first-order chi connectivity index (χ1) is 7.81. The summed E-state index contributed by atoms with van der Waals surface area (Å²) in [7, 11) is 0. The van der Waals surface area contributed by atoms with Gasteiger partial charge in [0.2, 0.25) is 0 Å². The van der Waals surface area contributed by atoms with Gasteiger partial charge in [-0.2, -0.15) is 0 Å². The van der Waals surface area contributed by atoms with Crippen molar-refractivity contribution in [3.8, 4) is 0 Å². The number of para-hydroxylation sites is 1. The van der Waals surface area contributed by atoms with Crippen LogP contribution in [-0.4, -0.2) is 14.6 Å². The maximum Gasteiger partial charge on any atom is 0.161 e. The number of hydrogen-bond acceptors (Lipinski definition) is 3. The van der Waals surface area contributed by atoms with Gasteiger partial charge in [-0.05, 0) is 18.2 Å². The van der Waals surface area contributed by atoms with Crippen LogP contribution in [0, 0.1) is 0 Å². The van der Waals surface area contributed by atoms with E-state index in [1.165, 1.54) is 0 Å². The zero-order valence-electron chi connectivity index (χ0n) is 8.39. The summed E-state index contributed by atoms with van der Waals surface area (Å²) in [5.74, 6) is 0.716. The van der Waals surface area contributed by atoms with Gasteiger partial charge in [-0.15, -0.1) is 10.2 Å². The van der Waals surface area contributed by atoms with Crippen LogP contribution in [-0.2, 0) is 6.54 Å². The van der Waals surface area contributed by atoms with E-state index in [1.807, 2.05) is 34.7 Å². The van der Waals surface area contributed by atoms with Gasteiger partial charge in [0.25, 0.3) is 0 Å². The molecule has 2 aromatic heterocycles. The van der Waals surface area contributed by atoms with Gasteiger partial charge >= 0.3 is 0 Å². The molecule has 16 heavy (non-hydrogen) atoms. The molecule has 0 aliphatic rings. The molecule has 0 bridgehead atoms. The summed E-state index contributed by atoms with van der Waals surface area (Å²) in [5, 5.41) is 9.82. The predicted octanol–water partition coefficient (Wildman–Crippen LogP) is 1.99.